The lowest BCUT2D eigenvalue weighted by atomic mass is 10.1. The molecule has 1 amide bonds. The van der Waals surface area contributed by atoms with Crippen molar-refractivity contribution in [1.82, 2.24) is 10.2 Å². The van der Waals surface area contributed by atoms with Gasteiger partial charge >= 0.3 is 0 Å². The van der Waals surface area contributed by atoms with Crippen molar-refractivity contribution in [2.45, 2.75) is 37.4 Å². The van der Waals surface area contributed by atoms with Crippen LogP contribution in [0.15, 0.2) is 12.1 Å². The number of carbonyl (C=O) groups is 1. The highest BCUT2D eigenvalue weighted by Crippen LogP contribution is 2.25. The molecule has 3 rings (SSSR count). The molecule has 25 heavy (non-hydrogen) atoms. The molecule has 0 unspecified atom stereocenters. The van der Waals surface area contributed by atoms with Gasteiger partial charge in [0.1, 0.15) is 11.7 Å². The number of nitrogens with zero attached hydrogens (tertiary/aromatic N) is 3. The average Bonchev–Trinajstić information content (AvgIpc) is 3.26. The summed E-state index contributed by atoms with van der Waals surface area (Å²) >= 11 is 0. The highest BCUT2D eigenvalue weighted by molar-refractivity contribution is 5.83. The van der Waals surface area contributed by atoms with E-state index in [4.69, 9.17) is 10.5 Å². The van der Waals surface area contributed by atoms with Gasteiger partial charge in [0.05, 0.1) is 23.7 Å². The maximum Gasteiger partial charge on any atom is 0.240 e. The third kappa shape index (κ3) is 3.40. The second-order valence-electron chi connectivity index (χ2n) is 6.28. The number of nitrogens with one attached hydrogen (secondary N) is 2. The Labute approximate surface area is 144 Å². The van der Waals surface area contributed by atoms with Crippen molar-refractivity contribution < 1.29 is 13.6 Å². The largest absolute Gasteiger partial charge is 0.376 e. The summed E-state index contributed by atoms with van der Waals surface area (Å²) in [5, 5.41) is 23.6. The molecule has 0 bridgehead atoms. The van der Waals surface area contributed by atoms with E-state index in [0.29, 0.717) is 25.9 Å². The lowest BCUT2D eigenvalue weighted by molar-refractivity contribution is -0.133. The van der Waals surface area contributed by atoms with Gasteiger partial charge in [0.25, 0.3) is 0 Å². The van der Waals surface area contributed by atoms with E-state index in [0.717, 1.165) is 18.6 Å². The monoisotopic (exact) mass is 345 g/mol. The molecule has 6 nitrogen and oxygen atoms in total. The number of amides is 1. The molecule has 0 aliphatic carbocycles. The van der Waals surface area contributed by atoms with Crippen molar-refractivity contribution in [1.29, 1.82) is 10.5 Å². The number of halogens is 2. The van der Waals surface area contributed by atoms with Gasteiger partial charge in [0, 0.05) is 19.1 Å². The molecule has 0 aromatic heterocycles. The van der Waals surface area contributed by atoms with Crippen molar-refractivity contribution >= 4 is 11.6 Å². The highest BCUT2D eigenvalue weighted by atomic mass is 19.1. The van der Waals surface area contributed by atoms with Crippen LogP contribution in [0.5, 0.6) is 0 Å². The quantitative estimate of drug-likeness (QED) is 0.866. The lowest BCUT2D eigenvalue weighted by Gasteiger charge is -2.23. The van der Waals surface area contributed by atoms with Crippen LogP contribution in [0.2, 0.25) is 0 Å². The van der Waals surface area contributed by atoms with Gasteiger partial charge in [-0.1, -0.05) is 0 Å². The minimum absolute atomic E-state index is 0.0882. The SMILES string of the molecule is N#Cc1cc(F)c(N[C@@H]2CN[C@H](C(=O)N3CCC[C@H]3C#N)C2)c(F)c1. The van der Waals surface area contributed by atoms with E-state index in [-0.39, 0.29) is 23.2 Å². The smallest absolute Gasteiger partial charge is 0.240 e. The minimum atomic E-state index is -0.838. The minimum Gasteiger partial charge on any atom is -0.376 e. The number of rotatable bonds is 3. The zero-order valence-corrected chi connectivity index (χ0v) is 13.4. The molecular formula is C17H17F2N5O. The number of hydrogen-bond acceptors (Lipinski definition) is 5. The Morgan fingerprint density at radius 1 is 1.32 bits per heavy atom. The Bertz CT molecular complexity index is 746. The molecule has 2 aliphatic rings. The van der Waals surface area contributed by atoms with Gasteiger partial charge in [0.2, 0.25) is 5.91 Å². The zero-order chi connectivity index (χ0) is 18.0. The van der Waals surface area contributed by atoms with Crippen LogP contribution >= 0.6 is 0 Å². The molecule has 8 heteroatoms. The van der Waals surface area contributed by atoms with Crippen LogP contribution in [0.1, 0.15) is 24.8 Å². The van der Waals surface area contributed by atoms with Gasteiger partial charge < -0.3 is 15.5 Å². The maximum absolute atomic E-state index is 14.0. The van der Waals surface area contributed by atoms with Gasteiger partial charge in [-0.2, -0.15) is 10.5 Å². The van der Waals surface area contributed by atoms with Crippen LogP contribution in [-0.2, 0) is 4.79 Å². The van der Waals surface area contributed by atoms with Crippen LogP contribution < -0.4 is 10.6 Å². The predicted molar refractivity (Wildman–Crippen MR) is 85.2 cm³/mol. The number of anilines is 1. The molecule has 2 saturated heterocycles. The van der Waals surface area contributed by atoms with Crippen LogP contribution in [0.4, 0.5) is 14.5 Å². The normalized spacial score (nSPS) is 25.4. The zero-order valence-electron chi connectivity index (χ0n) is 13.4. The molecule has 2 heterocycles. The molecule has 1 aromatic carbocycles. The summed E-state index contributed by atoms with van der Waals surface area (Å²) in [7, 11) is 0. The third-order valence-corrected chi connectivity index (χ3v) is 4.63. The molecular weight excluding hydrogens is 328 g/mol. The number of benzene rings is 1. The van der Waals surface area contributed by atoms with E-state index in [1.54, 1.807) is 11.0 Å². The summed E-state index contributed by atoms with van der Waals surface area (Å²) in [5.41, 5.74) is -0.385. The van der Waals surface area contributed by atoms with E-state index < -0.39 is 23.7 Å². The van der Waals surface area contributed by atoms with Gasteiger partial charge in [-0.25, -0.2) is 8.78 Å². The molecule has 3 atom stereocenters. The summed E-state index contributed by atoms with van der Waals surface area (Å²) in [5.74, 6) is -1.82. The van der Waals surface area contributed by atoms with Crippen molar-refractivity contribution in [3.05, 3.63) is 29.3 Å². The summed E-state index contributed by atoms with van der Waals surface area (Å²) in [6.07, 6.45) is 1.85. The molecule has 0 radical (unpaired) electrons. The number of likely N-dealkylation sites (tertiary alicyclic amines) is 1. The molecule has 2 N–H and O–H groups in total. The average molecular weight is 345 g/mol. The summed E-state index contributed by atoms with van der Waals surface area (Å²) < 4.78 is 27.9. The van der Waals surface area contributed by atoms with Crippen molar-refractivity contribution in [3.63, 3.8) is 0 Å². The molecule has 130 valence electrons. The first-order valence-corrected chi connectivity index (χ1v) is 8.12. The Hall–Kier alpha value is -2.71. The van der Waals surface area contributed by atoms with Crippen molar-refractivity contribution in [3.8, 4) is 12.1 Å². The Balaban J connectivity index is 1.65. The fourth-order valence-electron chi connectivity index (χ4n) is 3.38. The van der Waals surface area contributed by atoms with Crippen molar-refractivity contribution in [2.75, 3.05) is 18.4 Å². The first kappa shape index (κ1) is 17.1. The van der Waals surface area contributed by atoms with Gasteiger partial charge in [-0.3, -0.25) is 4.79 Å². The standard InChI is InChI=1S/C17H17F2N5O/c18-13-4-10(7-20)5-14(19)16(13)23-11-6-15(22-9-11)17(25)24-3-1-2-12(24)8-21/h4-5,11-12,15,22-23H,1-3,6,9H2/t11-,12-,15-/m0/s1. The van der Waals surface area contributed by atoms with Crippen LogP contribution in [-0.4, -0.2) is 42.0 Å². The van der Waals surface area contributed by atoms with E-state index in [2.05, 4.69) is 16.7 Å². The van der Waals surface area contributed by atoms with E-state index in [1.807, 2.05) is 0 Å². The fourth-order valence-corrected chi connectivity index (χ4v) is 3.38. The number of carbonyl (C=O) groups excluding carboxylic acids is 1. The van der Waals surface area contributed by atoms with Gasteiger partial charge in [-0.05, 0) is 31.4 Å². The summed E-state index contributed by atoms with van der Waals surface area (Å²) in [6, 6.07) is 4.57. The Kier molecular flexibility index (Phi) is 4.82. The summed E-state index contributed by atoms with van der Waals surface area (Å²) in [6.45, 7) is 0.937. The van der Waals surface area contributed by atoms with Crippen molar-refractivity contribution in [2.24, 2.45) is 0 Å². The number of nitriles is 2. The number of hydrogen-bond donors (Lipinski definition) is 2. The van der Waals surface area contributed by atoms with Gasteiger partial charge in [0.15, 0.2) is 11.6 Å². The fraction of sp³-hybridized carbons (Fsp3) is 0.471. The Morgan fingerprint density at radius 2 is 2.04 bits per heavy atom. The highest BCUT2D eigenvalue weighted by Gasteiger charge is 2.37. The van der Waals surface area contributed by atoms with Gasteiger partial charge in [-0.15, -0.1) is 0 Å². The molecule has 0 saturated carbocycles. The van der Waals surface area contributed by atoms with E-state index in [1.165, 1.54) is 0 Å². The third-order valence-electron chi connectivity index (χ3n) is 4.63. The first-order chi connectivity index (χ1) is 12.0. The molecule has 2 aliphatic heterocycles. The topological polar surface area (TPSA) is 91.9 Å². The Morgan fingerprint density at radius 3 is 2.68 bits per heavy atom. The molecule has 0 spiro atoms. The lowest BCUT2D eigenvalue weighted by Crippen LogP contribution is -2.45. The second kappa shape index (κ2) is 7.04. The van der Waals surface area contributed by atoms with Crippen LogP contribution in [0.25, 0.3) is 0 Å². The summed E-state index contributed by atoms with van der Waals surface area (Å²) in [4.78, 5) is 14.1. The molecule has 1 aromatic rings. The first-order valence-electron chi connectivity index (χ1n) is 8.12. The predicted octanol–water partition coefficient (Wildman–Crippen LogP) is 1.49. The maximum atomic E-state index is 14.0. The van der Waals surface area contributed by atoms with Crippen LogP contribution in [0, 0.1) is 34.3 Å². The van der Waals surface area contributed by atoms with Crippen LogP contribution in [0.3, 0.4) is 0 Å². The second-order valence-corrected chi connectivity index (χ2v) is 6.28. The van der Waals surface area contributed by atoms with E-state index in [9.17, 15) is 13.6 Å². The van der Waals surface area contributed by atoms with E-state index >= 15 is 0 Å². The molecule has 2 fully saturated rings.